The third kappa shape index (κ3) is 3.19. The van der Waals surface area contributed by atoms with Crippen molar-refractivity contribution in [2.24, 2.45) is 0 Å². The number of aromatic nitrogens is 1. The number of alkyl halides is 3. The Labute approximate surface area is 114 Å². The largest absolute Gasteiger partial charge is 0.417 e. The first kappa shape index (κ1) is 14.6. The number of benzene rings is 1. The Hall–Kier alpha value is -1.82. The molecule has 0 saturated heterocycles. The summed E-state index contributed by atoms with van der Waals surface area (Å²) in [5, 5.41) is 6.75. The number of nitrogens with zero attached hydrogens (tertiary/aromatic N) is 1. The molecule has 0 aliphatic heterocycles. The van der Waals surface area contributed by atoms with Crippen LogP contribution in [-0.2, 0) is 12.7 Å². The van der Waals surface area contributed by atoms with E-state index in [0.29, 0.717) is 12.1 Å². The molecule has 108 valence electrons. The zero-order valence-corrected chi connectivity index (χ0v) is 11.2. The van der Waals surface area contributed by atoms with E-state index in [4.69, 9.17) is 4.52 Å². The molecule has 1 aromatic carbocycles. The highest BCUT2D eigenvalue weighted by atomic mass is 19.4. The lowest BCUT2D eigenvalue weighted by Crippen LogP contribution is -2.21. The van der Waals surface area contributed by atoms with E-state index in [1.165, 1.54) is 18.3 Å². The molecule has 0 aliphatic rings. The molecule has 3 nitrogen and oxygen atoms in total. The molecule has 0 amide bonds. The van der Waals surface area contributed by atoms with Crippen molar-refractivity contribution >= 4 is 0 Å². The van der Waals surface area contributed by atoms with E-state index >= 15 is 0 Å². The number of rotatable bonds is 4. The van der Waals surface area contributed by atoms with Crippen LogP contribution in [0.25, 0.3) is 11.3 Å². The van der Waals surface area contributed by atoms with Crippen LogP contribution in [0.5, 0.6) is 0 Å². The van der Waals surface area contributed by atoms with Crippen molar-refractivity contribution in [3.8, 4) is 11.3 Å². The fourth-order valence-corrected chi connectivity index (χ4v) is 1.85. The van der Waals surface area contributed by atoms with Crippen LogP contribution in [0.3, 0.4) is 0 Å². The van der Waals surface area contributed by atoms with Gasteiger partial charge in [-0.1, -0.05) is 37.2 Å². The first-order valence-electron chi connectivity index (χ1n) is 6.23. The minimum atomic E-state index is -4.42. The summed E-state index contributed by atoms with van der Waals surface area (Å²) in [6, 6.07) is 5.55. The Bertz CT molecular complexity index is 576. The molecular weight excluding hydrogens is 269 g/mol. The monoisotopic (exact) mass is 284 g/mol. The van der Waals surface area contributed by atoms with E-state index in [9.17, 15) is 13.2 Å². The maximum Gasteiger partial charge on any atom is 0.417 e. The molecule has 1 aromatic heterocycles. The summed E-state index contributed by atoms with van der Waals surface area (Å²) in [6.07, 6.45) is -2.98. The van der Waals surface area contributed by atoms with E-state index in [-0.39, 0.29) is 17.4 Å². The minimum absolute atomic E-state index is 0.0121. The number of nitrogens with one attached hydrogen (secondary N) is 1. The minimum Gasteiger partial charge on any atom is -0.356 e. The fraction of sp³-hybridized carbons (Fsp3) is 0.357. The lowest BCUT2D eigenvalue weighted by Gasteiger charge is -2.12. The van der Waals surface area contributed by atoms with Crippen LogP contribution < -0.4 is 5.32 Å². The first-order chi connectivity index (χ1) is 9.39. The Morgan fingerprint density at radius 2 is 1.95 bits per heavy atom. The summed E-state index contributed by atoms with van der Waals surface area (Å²) in [6.45, 7) is 4.32. The highest BCUT2D eigenvalue weighted by Crippen LogP contribution is 2.37. The van der Waals surface area contributed by atoms with Crippen LogP contribution in [0, 0.1) is 0 Å². The van der Waals surface area contributed by atoms with Gasteiger partial charge in [0.1, 0.15) is 0 Å². The predicted molar refractivity (Wildman–Crippen MR) is 68.9 cm³/mol. The van der Waals surface area contributed by atoms with Crippen molar-refractivity contribution in [3.05, 3.63) is 41.6 Å². The molecule has 0 aliphatic carbocycles. The van der Waals surface area contributed by atoms with Gasteiger partial charge in [0, 0.05) is 23.7 Å². The van der Waals surface area contributed by atoms with Crippen molar-refractivity contribution in [1.82, 2.24) is 10.5 Å². The van der Waals surface area contributed by atoms with Gasteiger partial charge in [-0.05, 0) is 6.07 Å². The highest BCUT2D eigenvalue weighted by molar-refractivity contribution is 5.65. The Kier molecular flexibility index (Phi) is 4.13. The van der Waals surface area contributed by atoms with Gasteiger partial charge in [-0.3, -0.25) is 0 Å². The average Bonchev–Trinajstić information content (AvgIpc) is 2.83. The number of hydrogen-bond acceptors (Lipinski definition) is 3. The lowest BCUT2D eigenvalue weighted by molar-refractivity contribution is -0.137. The summed E-state index contributed by atoms with van der Waals surface area (Å²) in [7, 11) is 0. The predicted octanol–water partition coefficient (Wildman–Crippen LogP) is 3.86. The van der Waals surface area contributed by atoms with Crippen LogP contribution in [0.4, 0.5) is 13.2 Å². The van der Waals surface area contributed by atoms with Crippen LogP contribution in [0.2, 0.25) is 0 Å². The van der Waals surface area contributed by atoms with Crippen molar-refractivity contribution in [3.63, 3.8) is 0 Å². The number of hydrogen-bond donors (Lipinski definition) is 1. The summed E-state index contributed by atoms with van der Waals surface area (Å²) < 4.78 is 44.1. The molecule has 2 rings (SSSR count). The zero-order chi connectivity index (χ0) is 14.8. The van der Waals surface area contributed by atoms with Crippen LogP contribution in [-0.4, -0.2) is 11.2 Å². The Morgan fingerprint density at radius 1 is 1.25 bits per heavy atom. The highest BCUT2D eigenvalue weighted by Gasteiger charge is 2.34. The van der Waals surface area contributed by atoms with Crippen LogP contribution in [0.15, 0.2) is 35.0 Å². The van der Waals surface area contributed by atoms with Crippen molar-refractivity contribution < 1.29 is 17.7 Å². The fourth-order valence-electron chi connectivity index (χ4n) is 1.85. The summed E-state index contributed by atoms with van der Waals surface area (Å²) >= 11 is 0. The second-order valence-corrected chi connectivity index (χ2v) is 4.76. The van der Waals surface area contributed by atoms with Crippen LogP contribution >= 0.6 is 0 Å². The molecule has 1 heterocycles. The molecular formula is C14H15F3N2O. The molecule has 0 bridgehead atoms. The Morgan fingerprint density at radius 3 is 2.60 bits per heavy atom. The van der Waals surface area contributed by atoms with E-state index in [1.54, 1.807) is 6.07 Å². The van der Waals surface area contributed by atoms with Gasteiger partial charge in [0.15, 0.2) is 5.76 Å². The van der Waals surface area contributed by atoms with Gasteiger partial charge in [0.2, 0.25) is 0 Å². The summed E-state index contributed by atoms with van der Waals surface area (Å²) in [4.78, 5) is 0. The van der Waals surface area contributed by atoms with E-state index < -0.39 is 11.7 Å². The van der Waals surface area contributed by atoms with Gasteiger partial charge in [-0.15, -0.1) is 0 Å². The zero-order valence-electron chi connectivity index (χ0n) is 11.2. The van der Waals surface area contributed by atoms with Gasteiger partial charge in [-0.25, -0.2) is 0 Å². The molecule has 6 heteroatoms. The van der Waals surface area contributed by atoms with Gasteiger partial charge < -0.3 is 9.84 Å². The van der Waals surface area contributed by atoms with Gasteiger partial charge in [-0.2, -0.15) is 13.2 Å². The molecule has 2 aromatic rings. The van der Waals surface area contributed by atoms with Gasteiger partial charge >= 0.3 is 6.18 Å². The molecule has 0 spiro atoms. The molecule has 0 fully saturated rings. The molecule has 0 unspecified atom stereocenters. The standard InChI is InChI=1S/C14H15F3N2O/c1-9(2)18-7-10-8-19-20-13(10)11-5-3-4-6-12(11)14(15,16)17/h3-6,8-9,18H,7H2,1-2H3. The van der Waals surface area contributed by atoms with Crippen molar-refractivity contribution in [2.45, 2.75) is 32.6 Å². The smallest absolute Gasteiger partial charge is 0.356 e. The molecule has 20 heavy (non-hydrogen) atoms. The van der Waals surface area contributed by atoms with Gasteiger partial charge in [0.05, 0.1) is 11.8 Å². The van der Waals surface area contributed by atoms with E-state index in [1.807, 2.05) is 13.8 Å². The Balaban J connectivity index is 2.40. The lowest BCUT2D eigenvalue weighted by atomic mass is 10.0. The second-order valence-electron chi connectivity index (χ2n) is 4.76. The normalized spacial score (nSPS) is 12.1. The second kappa shape index (κ2) is 5.66. The van der Waals surface area contributed by atoms with Crippen molar-refractivity contribution in [1.29, 1.82) is 0 Å². The number of halogens is 3. The van der Waals surface area contributed by atoms with Crippen molar-refractivity contribution in [2.75, 3.05) is 0 Å². The molecule has 0 atom stereocenters. The van der Waals surface area contributed by atoms with Crippen LogP contribution in [0.1, 0.15) is 25.0 Å². The summed E-state index contributed by atoms with van der Waals surface area (Å²) in [5.41, 5.74) is -0.101. The van der Waals surface area contributed by atoms with E-state index in [0.717, 1.165) is 6.07 Å². The quantitative estimate of drug-likeness (QED) is 0.926. The maximum absolute atomic E-state index is 13.0. The summed E-state index contributed by atoms with van der Waals surface area (Å²) in [5.74, 6) is 0.158. The molecule has 0 radical (unpaired) electrons. The molecule has 1 N–H and O–H groups in total. The average molecular weight is 284 g/mol. The maximum atomic E-state index is 13.0. The third-order valence-electron chi connectivity index (χ3n) is 2.82. The van der Waals surface area contributed by atoms with Gasteiger partial charge in [0.25, 0.3) is 0 Å². The first-order valence-corrected chi connectivity index (χ1v) is 6.23. The molecule has 0 saturated carbocycles. The van der Waals surface area contributed by atoms with E-state index in [2.05, 4.69) is 10.5 Å². The SMILES string of the molecule is CC(C)NCc1cnoc1-c1ccccc1C(F)(F)F. The topological polar surface area (TPSA) is 38.1 Å². The third-order valence-corrected chi connectivity index (χ3v) is 2.82.